The first-order valence-electron chi connectivity index (χ1n) is 8.65. The lowest BCUT2D eigenvalue weighted by atomic mass is 9.98. The van der Waals surface area contributed by atoms with Gasteiger partial charge in [0.05, 0.1) is 0 Å². The molecule has 2 amide bonds. The minimum atomic E-state index is -1.01. The van der Waals surface area contributed by atoms with Crippen LogP contribution in [0.5, 0.6) is 0 Å². The normalized spacial score (nSPS) is 19.1. The van der Waals surface area contributed by atoms with Crippen molar-refractivity contribution in [2.24, 2.45) is 0 Å². The van der Waals surface area contributed by atoms with Crippen LogP contribution >= 0.6 is 0 Å². The molecular weight excluding hydrogens is 316 g/mol. The highest BCUT2D eigenvalue weighted by molar-refractivity contribution is 6.01. The molecule has 1 fully saturated rings. The highest BCUT2D eigenvalue weighted by atomic mass is 16.4. The Morgan fingerprint density at radius 3 is 2.56 bits per heavy atom. The van der Waals surface area contributed by atoms with Crippen LogP contribution in [0.3, 0.4) is 0 Å². The molecule has 1 N–H and O–H groups in total. The summed E-state index contributed by atoms with van der Waals surface area (Å²) >= 11 is 0. The third-order valence-corrected chi connectivity index (χ3v) is 5.16. The smallest absolute Gasteiger partial charge is 0.407 e. The van der Waals surface area contributed by atoms with E-state index in [0.29, 0.717) is 19.5 Å². The minimum absolute atomic E-state index is 0.0936. The molecule has 2 aliphatic heterocycles. The van der Waals surface area contributed by atoms with Crippen LogP contribution in [0.15, 0.2) is 48.5 Å². The zero-order chi connectivity index (χ0) is 17.4. The first-order chi connectivity index (χ1) is 12.2. The third-order valence-electron chi connectivity index (χ3n) is 5.16. The molecule has 2 heterocycles. The molecule has 4 rings (SSSR count). The van der Waals surface area contributed by atoms with Gasteiger partial charge in [0.25, 0.3) is 0 Å². The molecule has 1 saturated heterocycles. The molecule has 0 radical (unpaired) electrons. The molecule has 0 aliphatic carbocycles. The number of nitrogens with zero attached hydrogens (tertiary/aromatic N) is 2. The number of anilines is 1. The number of carboxylic acid groups (broad SMARTS) is 1. The predicted molar refractivity (Wildman–Crippen MR) is 95.7 cm³/mol. The van der Waals surface area contributed by atoms with Crippen molar-refractivity contribution in [3.8, 4) is 11.1 Å². The Kier molecular flexibility index (Phi) is 3.92. The Morgan fingerprint density at radius 1 is 1.00 bits per heavy atom. The fraction of sp³-hybridized carbons (Fsp3) is 0.300. The Hall–Kier alpha value is -2.82. The SMILES string of the molecule is O=C(C1CCCN1C(=O)O)N1CCc2c(-c3ccccc3)cccc21. The van der Waals surface area contributed by atoms with Gasteiger partial charge in [0, 0.05) is 18.8 Å². The van der Waals surface area contributed by atoms with Gasteiger partial charge in [-0.05, 0) is 42.0 Å². The highest BCUT2D eigenvalue weighted by Gasteiger charge is 2.39. The maximum Gasteiger partial charge on any atom is 0.407 e. The van der Waals surface area contributed by atoms with Gasteiger partial charge in [-0.25, -0.2) is 4.79 Å². The molecule has 1 atom stereocenters. The van der Waals surface area contributed by atoms with E-state index in [4.69, 9.17) is 0 Å². The second kappa shape index (κ2) is 6.24. The summed E-state index contributed by atoms with van der Waals surface area (Å²) in [6.45, 7) is 1.05. The van der Waals surface area contributed by atoms with Gasteiger partial charge in [-0.15, -0.1) is 0 Å². The van der Waals surface area contributed by atoms with Crippen LogP contribution in [0, 0.1) is 0 Å². The van der Waals surface area contributed by atoms with E-state index in [1.165, 1.54) is 10.5 Å². The maximum absolute atomic E-state index is 13.0. The topological polar surface area (TPSA) is 60.9 Å². The number of benzene rings is 2. The van der Waals surface area contributed by atoms with Crippen molar-refractivity contribution in [1.29, 1.82) is 0 Å². The Morgan fingerprint density at radius 2 is 1.80 bits per heavy atom. The van der Waals surface area contributed by atoms with Crippen molar-refractivity contribution in [3.63, 3.8) is 0 Å². The van der Waals surface area contributed by atoms with E-state index in [9.17, 15) is 14.7 Å². The molecule has 1 unspecified atom stereocenters. The molecule has 2 aromatic rings. The molecule has 2 aliphatic rings. The lowest BCUT2D eigenvalue weighted by Crippen LogP contribution is -2.47. The van der Waals surface area contributed by atoms with Crippen molar-refractivity contribution in [2.45, 2.75) is 25.3 Å². The largest absolute Gasteiger partial charge is 0.465 e. The summed E-state index contributed by atoms with van der Waals surface area (Å²) in [6, 6.07) is 15.6. The van der Waals surface area contributed by atoms with Gasteiger partial charge < -0.3 is 10.0 Å². The molecule has 0 aromatic heterocycles. The zero-order valence-corrected chi connectivity index (χ0v) is 13.9. The molecule has 0 bridgehead atoms. The predicted octanol–water partition coefficient (Wildman–Crippen LogP) is 3.39. The number of hydrogen-bond donors (Lipinski definition) is 1. The molecule has 128 valence electrons. The van der Waals surface area contributed by atoms with Crippen LogP contribution in [-0.2, 0) is 11.2 Å². The van der Waals surface area contributed by atoms with Crippen molar-refractivity contribution in [1.82, 2.24) is 4.90 Å². The number of hydrogen-bond acceptors (Lipinski definition) is 2. The van der Waals surface area contributed by atoms with Gasteiger partial charge in [0.2, 0.25) is 5.91 Å². The number of rotatable bonds is 2. The number of amides is 2. The fourth-order valence-corrected chi connectivity index (χ4v) is 3.98. The molecule has 5 nitrogen and oxygen atoms in total. The van der Waals surface area contributed by atoms with Crippen molar-refractivity contribution in [3.05, 3.63) is 54.1 Å². The van der Waals surface area contributed by atoms with Crippen LogP contribution in [0.1, 0.15) is 18.4 Å². The summed E-state index contributed by atoms with van der Waals surface area (Å²) in [6.07, 6.45) is 1.14. The van der Waals surface area contributed by atoms with Crippen LogP contribution in [0.25, 0.3) is 11.1 Å². The Labute approximate surface area is 146 Å². The molecule has 0 saturated carbocycles. The Bertz CT molecular complexity index is 819. The van der Waals surface area contributed by atoms with Crippen molar-refractivity contribution in [2.75, 3.05) is 18.0 Å². The van der Waals surface area contributed by atoms with Crippen molar-refractivity contribution < 1.29 is 14.7 Å². The molecule has 2 aromatic carbocycles. The average molecular weight is 336 g/mol. The zero-order valence-electron chi connectivity index (χ0n) is 13.9. The standard InChI is InChI=1S/C20H20N2O3/c23-19(18-10-5-12-22(18)20(24)25)21-13-11-16-15(8-4-9-17(16)21)14-6-2-1-3-7-14/h1-4,6-9,18H,5,10-13H2,(H,24,25). The summed E-state index contributed by atoms with van der Waals surface area (Å²) in [7, 11) is 0. The molecular formula is C20H20N2O3. The first kappa shape index (κ1) is 15.7. The van der Waals surface area contributed by atoms with Crippen molar-refractivity contribution >= 4 is 17.7 Å². The lowest BCUT2D eigenvalue weighted by Gasteiger charge is -2.26. The van der Waals surface area contributed by atoms with Gasteiger partial charge in [-0.3, -0.25) is 9.69 Å². The van der Waals surface area contributed by atoms with Gasteiger partial charge in [-0.1, -0.05) is 42.5 Å². The van der Waals surface area contributed by atoms with Crippen LogP contribution < -0.4 is 4.90 Å². The second-order valence-electron chi connectivity index (χ2n) is 6.54. The van der Waals surface area contributed by atoms with E-state index in [-0.39, 0.29) is 5.91 Å². The van der Waals surface area contributed by atoms with E-state index >= 15 is 0 Å². The summed E-state index contributed by atoms with van der Waals surface area (Å²) < 4.78 is 0. The van der Waals surface area contributed by atoms with Gasteiger partial charge in [0.15, 0.2) is 0 Å². The number of likely N-dealkylation sites (tertiary alicyclic amines) is 1. The second-order valence-corrected chi connectivity index (χ2v) is 6.54. The van der Waals surface area contributed by atoms with Crippen LogP contribution in [0.4, 0.5) is 10.5 Å². The Balaban J connectivity index is 1.67. The molecule has 0 spiro atoms. The number of carbonyl (C=O) groups excluding carboxylic acids is 1. The van der Waals surface area contributed by atoms with Gasteiger partial charge >= 0.3 is 6.09 Å². The van der Waals surface area contributed by atoms with Crippen LogP contribution in [-0.4, -0.2) is 41.1 Å². The third kappa shape index (κ3) is 2.65. The molecule has 5 heteroatoms. The monoisotopic (exact) mass is 336 g/mol. The highest BCUT2D eigenvalue weighted by Crippen LogP contribution is 2.37. The summed E-state index contributed by atoms with van der Waals surface area (Å²) in [5, 5.41) is 9.32. The van der Waals surface area contributed by atoms with E-state index in [1.54, 1.807) is 4.90 Å². The minimum Gasteiger partial charge on any atom is -0.465 e. The summed E-state index contributed by atoms with van der Waals surface area (Å²) in [4.78, 5) is 27.4. The fourth-order valence-electron chi connectivity index (χ4n) is 3.98. The van der Waals surface area contributed by atoms with E-state index in [1.807, 2.05) is 30.3 Å². The number of carbonyl (C=O) groups is 2. The van der Waals surface area contributed by atoms with Gasteiger partial charge in [0.1, 0.15) is 6.04 Å². The molecule has 25 heavy (non-hydrogen) atoms. The van der Waals surface area contributed by atoms with E-state index in [2.05, 4.69) is 18.2 Å². The lowest BCUT2D eigenvalue weighted by molar-refractivity contribution is -0.122. The summed E-state index contributed by atoms with van der Waals surface area (Å²) in [5.41, 5.74) is 4.38. The summed E-state index contributed by atoms with van der Waals surface area (Å²) in [5.74, 6) is -0.0936. The first-order valence-corrected chi connectivity index (χ1v) is 8.65. The van der Waals surface area contributed by atoms with E-state index < -0.39 is 12.1 Å². The average Bonchev–Trinajstić information content (AvgIpc) is 3.29. The maximum atomic E-state index is 13.0. The quantitative estimate of drug-likeness (QED) is 0.914. The van der Waals surface area contributed by atoms with Gasteiger partial charge in [-0.2, -0.15) is 0 Å². The number of fused-ring (bicyclic) bond motifs is 1. The van der Waals surface area contributed by atoms with E-state index in [0.717, 1.165) is 29.7 Å². The van der Waals surface area contributed by atoms with Crippen LogP contribution in [0.2, 0.25) is 0 Å².